The van der Waals surface area contributed by atoms with E-state index in [0.29, 0.717) is 43.1 Å². The van der Waals surface area contributed by atoms with Gasteiger partial charge in [0.2, 0.25) is 5.91 Å². The summed E-state index contributed by atoms with van der Waals surface area (Å²) in [6.07, 6.45) is 5.96. The zero-order chi connectivity index (χ0) is 26.6. The van der Waals surface area contributed by atoms with Crippen molar-refractivity contribution in [2.24, 2.45) is 0 Å². The first-order valence-corrected chi connectivity index (χ1v) is 13.2. The zero-order valence-electron chi connectivity index (χ0n) is 21.9. The van der Waals surface area contributed by atoms with Crippen LogP contribution >= 0.6 is 0 Å². The fourth-order valence-corrected chi connectivity index (χ4v) is 4.95. The number of likely N-dealkylation sites (tertiary alicyclic amines) is 1. The number of carbonyl (C=O) groups is 2. The van der Waals surface area contributed by atoms with Gasteiger partial charge >= 0.3 is 0 Å². The Morgan fingerprint density at radius 3 is 2.50 bits per heavy atom. The summed E-state index contributed by atoms with van der Waals surface area (Å²) in [6.45, 7) is 2.11. The SMILES string of the molecule is CN(C)C1CN(C(=O)[C@H](CCCN[C@@H]2C[C@H]2c2ccc(F)cc2)NC(=O)c2ccc(N3C=CNN3)cc2)C1. The smallest absolute Gasteiger partial charge is 0.251 e. The van der Waals surface area contributed by atoms with Crippen LogP contribution in [0.25, 0.3) is 0 Å². The van der Waals surface area contributed by atoms with Crippen LogP contribution in [0.3, 0.4) is 0 Å². The molecular formula is C28H36FN7O2. The Morgan fingerprint density at radius 1 is 1.11 bits per heavy atom. The number of nitrogens with zero attached hydrogens (tertiary/aromatic N) is 3. The average molecular weight is 522 g/mol. The molecule has 1 saturated heterocycles. The van der Waals surface area contributed by atoms with Gasteiger partial charge in [-0.25, -0.2) is 4.39 Å². The molecule has 0 radical (unpaired) electrons. The second kappa shape index (κ2) is 11.5. The van der Waals surface area contributed by atoms with E-state index in [-0.39, 0.29) is 17.6 Å². The maximum Gasteiger partial charge on any atom is 0.251 e. The minimum absolute atomic E-state index is 0.0267. The van der Waals surface area contributed by atoms with Crippen molar-refractivity contribution >= 4 is 17.5 Å². The van der Waals surface area contributed by atoms with Crippen LogP contribution in [0.1, 0.15) is 41.1 Å². The first-order valence-electron chi connectivity index (χ1n) is 13.2. The summed E-state index contributed by atoms with van der Waals surface area (Å²) in [5, 5.41) is 8.35. The lowest BCUT2D eigenvalue weighted by molar-refractivity contribution is -0.140. The van der Waals surface area contributed by atoms with Gasteiger partial charge in [0.1, 0.15) is 11.9 Å². The molecular weight excluding hydrogens is 485 g/mol. The molecule has 2 amide bonds. The van der Waals surface area contributed by atoms with Crippen LogP contribution in [0.2, 0.25) is 0 Å². The third-order valence-electron chi connectivity index (χ3n) is 7.57. The van der Waals surface area contributed by atoms with E-state index in [1.54, 1.807) is 23.3 Å². The molecule has 3 atom stereocenters. The van der Waals surface area contributed by atoms with Crippen molar-refractivity contribution in [1.29, 1.82) is 0 Å². The first-order chi connectivity index (χ1) is 18.4. The summed E-state index contributed by atoms with van der Waals surface area (Å²) in [6, 6.07) is 14.1. The normalized spacial score (nSPS) is 21.3. The largest absolute Gasteiger partial charge is 0.340 e. The quantitative estimate of drug-likeness (QED) is 0.336. The van der Waals surface area contributed by atoms with Gasteiger partial charge in [-0.2, -0.15) is 0 Å². The van der Waals surface area contributed by atoms with Crippen LogP contribution in [0.4, 0.5) is 10.1 Å². The maximum absolute atomic E-state index is 13.3. The van der Waals surface area contributed by atoms with E-state index < -0.39 is 6.04 Å². The third-order valence-corrected chi connectivity index (χ3v) is 7.57. The summed E-state index contributed by atoms with van der Waals surface area (Å²) in [5.41, 5.74) is 8.38. The Kier molecular flexibility index (Phi) is 7.92. The van der Waals surface area contributed by atoms with Crippen LogP contribution in [-0.2, 0) is 4.79 Å². The molecule has 5 rings (SSSR count). The lowest BCUT2D eigenvalue weighted by Crippen LogP contribution is -2.63. The molecule has 1 aliphatic carbocycles. The number of halogens is 1. The predicted molar refractivity (Wildman–Crippen MR) is 144 cm³/mol. The number of benzene rings is 2. The maximum atomic E-state index is 13.3. The number of hydrogen-bond acceptors (Lipinski definition) is 7. The molecule has 2 aromatic rings. The molecule has 0 bridgehead atoms. The van der Waals surface area contributed by atoms with Gasteiger partial charge in [-0.3, -0.25) is 14.6 Å². The number of anilines is 1. The van der Waals surface area contributed by atoms with Crippen LogP contribution < -0.4 is 26.6 Å². The first kappa shape index (κ1) is 26.1. The molecule has 0 spiro atoms. The number of hydrogen-bond donors (Lipinski definition) is 4. The molecule has 2 heterocycles. The van der Waals surface area contributed by atoms with E-state index in [0.717, 1.165) is 30.6 Å². The second-order valence-corrected chi connectivity index (χ2v) is 10.5. The van der Waals surface area contributed by atoms with Crippen molar-refractivity contribution < 1.29 is 14.0 Å². The second-order valence-electron chi connectivity index (χ2n) is 10.5. The Labute approximate surface area is 223 Å². The van der Waals surface area contributed by atoms with E-state index in [1.807, 2.05) is 49.5 Å². The molecule has 2 fully saturated rings. The highest BCUT2D eigenvalue weighted by Crippen LogP contribution is 2.40. The highest BCUT2D eigenvalue weighted by atomic mass is 19.1. The van der Waals surface area contributed by atoms with Gasteiger partial charge in [-0.05, 0) is 81.9 Å². The summed E-state index contributed by atoms with van der Waals surface area (Å²) in [4.78, 5) is 30.3. The van der Waals surface area contributed by atoms with Gasteiger partial charge in [0.15, 0.2) is 0 Å². The summed E-state index contributed by atoms with van der Waals surface area (Å²) in [7, 11) is 4.03. The monoisotopic (exact) mass is 521 g/mol. The summed E-state index contributed by atoms with van der Waals surface area (Å²) < 4.78 is 13.2. The fraction of sp³-hybridized carbons (Fsp3) is 0.429. The van der Waals surface area contributed by atoms with Gasteiger partial charge < -0.3 is 25.9 Å². The molecule has 1 saturated carbocycles. The van der Waals surface area contributed by atoms with Crippen LogP contribution in [0.5, 0.6) is 0 Å². The van der Waals surface area contributed by atoms with E-state index in [4.69, 9.17) is 0 Å². The van der Waals surface area contributed by atoms with Gasteiger partial charge in [-0.1, -0.05) is 12.1 Å². The van der Waals surface area contributed by atoms with E-state index in [2.05, 4.69) is 26.5 Å². The van der Waals surface area contributed by atoms with Gasteiger partial charge in [0.25, 0.3) is 5.91 Å². The van der Waals surface area contributed by atoms with E-state index in [1.165, 1.54) is 12.1 Å². The predicted octanol–water partition coefficient (Wildman–Crippen LogP) is 1.92. The van der Waals surface area contributed by atoms with Crippen molar-refractivity contribution in [3.05, 3.63) is 77.9 Å². The summed E-state index contributed by atoms with van der Waals surface area (Å²) >= 11 is 0. The number of likely N-dealkylation sites (N-methyl/N-ethyl adjacent to an activating group) is 1. The number of hydrazine groups is 2. The number of carbonyl (C=O) groups excluding carboxylic acids is 2. The van der Waals surface area contributed by atoms with Crippen LogP contribution in [0.15, 0.2) is 60.9 Å². The highest BCUT2D eigenvalue weighted by molar-refractivity contribution is 5.98. The minimum atomic E-state index is -0.577. The number of rotatable bonds is 11. The Balaban J connectivity index is 1.14. The number of nitrogens with one attached hydrogen (secondary N) is 4. The molecule has 9 nitrogen and oxygen atoms in total. The standard InChI is InChI=1S/C28H36FN7O2/c1-34(2)23-17-35(18-23)28(38)25(4-3-13-30-26-16-24(26)19-5-9-21(29)10-6-19)32-27(37)20-7-11-22(12-8-20)36-15-14-31-33-36/h5-12,14-15,23-26,30-31,33H,3-4,13,16-18H2,1-2H3,(H,32,37)/t24-,25-,26+/m0/s1. The van der Waals surface area contributed by atoms with E-state index in [9.17, 15) is 14.0 Å². The fourth-order valence-electron chi connectivity index (χ4n) is 4.95. The van der Waals surface area contributed by atoms with Crippen molar-refractivity contribution in [3.8, 4) is 0 Å². The minimum Gasteiger partial charge on any atom is -0.340 e. The van der Waals surface area contributed by atoms with E-state index >= 15 is 0 Å². The molecule has 2 aromatic carbocycles. The lowest BCUT2D eigenvalue weighted by Gasteiger charge is -2.44. The molecule has 10 heteroatoms. The Hall–Kier alpha value is -3.47. The molecule has 0 unspecified atom stereocenters. The Bertz CT molecular complexity index is 1150. The van der Waals surface area contributed by atoms with Crippen molar-refractivity contribution in [1.82, 2.24) is 31.4 Å². The van der Waals surface area contributed by atoms with Crippen LogP contribution in [-0.4, -0.2) is 73.5 Å². The third kappa shape index (κ3) is 6.15. The van der Waals surface area contributed by atoms with Gasteiger partial charge in [-0.15, -0.1) is 5.53 Å². The molecule has 38 heavy (non-hydrogen) atoms. The lowest BCUT2D eigenvalue weighted by atomic mass is 10.0. The van der Waals surface area contributed by atoms with Crippen molar-refractivity contribution in [3.63, 3.8) is 0 Å². The molecule has 0 aromatic heterocycles. The van der Waals surface area contributed by atoms with Gasteiger partial charge in [0, 0.05) is 49.1 Å². The van der Waals surface area contributed by atoms with Crippen molar-refractivity contribution in [2.75, 3.05) is 38.7 Å². The topological polar surface area (TPSA) is 92.0 Å². The summed E-state index contributed by atoms with van der Waals surface area (Å²) in [5.74, 6) is -0.0955. The number of amides is 2. The van der Waals surface area contributed by atoms with Crippen LogP contribution in [0, 0.1) is 5.82 Å². The van der Waals surface area contributed by atoms with Crippen molar-refractivity contribution in [2.45, 2.75) is 43.3 Å². The molecule has 3 aliphatic rings. The molecule has 2 aliphatic heterocycles. The molecule has 4 N–H and O–H groups in total. The zero-order valence-corrected chi connectivity index (χ0v) is 21.9. The van der Waals surface area contributed by atoms with Gasteiger partial charge in [0.05, 0.1) is 5.69 Å². The highest BCUT2D eigenvalue weighted by Gasteiger charge is 2.38. The Morgan fingerprint density at radius 2 is 1.84 bits per heavy atom. The molecule has 202 valence electrons. The average Bonchev–Trinajstić information content (AvgIpc) is 3.43.